The van der Waals surface area contributed by atoms with Crippen molar-refractivity contribution in [3.8, 4) is 0 Å². The maximum atomic E-state index is 9.69. The minimum atomic E-state index is -0.522. The van der Waals surface area contributed by atoms with E-state index < -0.39 is 6.10 Å². The molecule has 0 fully saturated rings. The highest BCUT2D eigenvalue weighted by molar-refractivity contribution is 5.45. The maximum absolute atomic E-state index is 9.69. The molecule has 0 aromatic carbocycles. The van der Waals surface area contributed by atoms with Gasteiger partial charge in [0.15, 0.2) is 0 Å². The Hall–Kier alpha value is -2.58. The topological polar surface area (TPSA) is 97.5 Å². The van der Waals surface area contributed by atoms with E-state index >= 15 is 0 Å². The number of nitrogens with one attached hydrogen (secondary N) is 1. The number of methoxy groups -OCH3 is 1. The van der Waals surface area contributed by atoms with E-state index in [1.165, 1.54) is 6.33 Å². The van der Waals surface area contributed by atoms with Crippen molar-refractivity contribution < 1.29 is 9.84 Å². The Morgan fingerprint density at radius 2 is 2.12 bits per heavy atom. The van der Waals surface area contributed by atoms with E-state index in [9.17, 15) is 5.11 Å². The predicted octanol–water partition coefficient (Wildman–Crippen LogP) is 1.64. The van der Waals surface area contributed by atoms with Crippen LogP contribution in [0, 0.1) is 6.92 Å². The number of ether oxygens (including phenoxy) is 1. The average Bonchev–Trinajstić information content (AvgIpc) is 3.01. The molecule has 3 rings (SSSR count). The number of anilines is 1. The summed E-state index contributed by atoms with van der Waals surface area (Å²) >= 11 is 0. The summed E-state index contributed by atoms with van der Waals surface area (Å²) in [7, 11) is 1.62. The molecule has 0 bridgehead atoms. The lowest BCUT2D eigenvalue weighted by Gasteiger charge is -2.12. The first-order valence-corrected chi connectivity index (χ1v) is 7.65. The van der Waals surface area contributed by atoms with E-state index in [-0.39, 0.29) is 0 Å². The Morgan fingerprint density at radius 1 is 1.29 bits per heavy atom. The molecule has 126 valence electrons. The molecule has 1 atom stereocenters. The molecule has 8 heteroatoms. The molecule has 0 saturated heterocycles. The number of aryl methyl sites for hydroxylation is 1. The summed E-state index contributed by atoms with van der Waals surface area (Å²) in [5, 5.41) is 17.2. The van der Waals surface area contributed by atoms with E-state index in [2.05, 4.69) is 25.4 Å². The number of aliphatic hydroxyl groups excluding tert-OH is 1. The van der Waals surface area contributed by atoms with Gasteiger partial charge in [-0.2, -0.15) is 14.6 Å². The van der Waals surface area contributed by atoms with Gasteiger partial charge in [0, 0.05) is 24.4 Å². The van der Waals surface area contributed by atoms with E-state index in [1.54, 1.807) is 18.5 Å². The van der Waals surface area contributed by atoms with Crippen molar-refractivity contribution in [2.45, 2.75) is 33.1 Å². The number of hydrogen-bond donors (Lipinski definition) is 2. The Labute approximate surface area is 139 Å². The van der Waals surface area contributed by atoms with Crippen LogP contribution in [0.1, 0.15) is 35.7 Å². The minimum Gasteiger partial charge on any atom is -0.389 e. The maximum Gasteiger partial charge on any atom is 0.254 e. The van der Waals surface area contributed by atoms with E-state index in [0.717, 1.165) is 28.5 Å². The minimum absolute atomic E-state index is 0.401. The second kappa shape index (κ2) is 6.90. The molecule has 0 spiro atoms. The van der Waals surface area contributed by atoms with Gasteiger partial charge in [-0.3, -0.25) is 4.98 Å². The first-order valence-electron chi connectivity index (χ1n) is 7.65. The zero-order valence-electron chi connectivity index (χ0n) is 13.9. The highest BCUT2D eigenvalue weighted by atomic mass is 16.5. The number of aliphatic hydroxyl groups is 1. The van der Waals surface area contributed by atoms with Crippen molar-refractivity contribution in [1.29, 1.82) is 0 Å². The first kappa shape index (κ1) is 16.3. The molecule has 2 N–H and O–H groups in total. The summed E-state index contributed by atoms with van der Waals surface area (Å²) < 4.78 is 6.77. The number of hydrogen-bond acceptors (Lipinski definition) is 7. The molecule has 0 aliphatic heterocycles. The standard InChI is InChI=1S/C16H20N6O2/c1-10-14(11(2)23)5-4-12(20-10)7-17-15-6-13(8-24-3)21-16-18-9-19-22(15)16/h4-6,9,11,17,23H,7-8H2,1-3H3/t11-/m0/s1. The molecule has 0 aliphatic carbocycles. The van der Waals surface area contributed by atoms with Crippen molar-refractivity contribution in [2.75, 3.05) is 12.4 Å². The van der Waals surface area contributed by atoms with Crippen LogP contribution in [0.4, 0.5) is 5.82 Å². The molecule has 24 heavy (non-hydrogen) atoms. The van der Waals surface area contributed by atoms with Gasteiger partial charge >= 0.3 is 0 Å². The van der Waals surface area contributed by atoms with Crippen LogP contribution in [0.2, 0.25) is 0 Å². The fourth-order valence-corrected chi connectivity index (χ4v) is 2.55. The molecular formula is C16H20N6O2. The molecule has 0 amide bonds. The van der Waals surface area contributed by atoms with Crippen LogP contribution < -0.4 is 5.32 Å². The highest BCUT2D eigenvalue weighted by Gasteiger charge is 2.09. The molecule has 0 aliphatic rings. The summed E-state index contributed by atoms with van der Waals surface area (Å²) in [6.07, 6.45) is 0.940. The van der Waals surface area contributed by atoms with Crippen LogP contribution in [0.25, 0.3) is 5.78 Å². The number of pyridine rings is 1. The summed E-state index contributed by atoms with van der Waals surface area (Å²) in [5.74, 6) is 1.28. The van der Waals surface area contributed by atoms with Crippen molar-refractivity contribution in [3.63, 3.8) is 0 Å². The van der Waals surface area contributed by atoms with E-state index in [4.69, 9.17) is 4.74 Å². The predicted molar refractivity (Wildman–Crippen MR) is 88.4 cm³/mol. The lowest BCUT2D eigenvalue weighted by atomic mass is 10.1. The fourth-order valence-electron chi connectivity index (χ4n) is 2.55. The van der Waals surface area contributed by atoms with Crippen LogP contribution >= 0.6 is 0 Å². The molecule has 0 saturated carbocycles. The number of aromatic nitrogens is 5. The lowest BCUT2D eigenvalue weighted by molar-refractivity contribution is 0.181. The molecule has 3 heterocycles. The average molecular weight is 328 g/mol. The zero-order chi connectivity index (χ0) is 17.1. The zero-order valence-corrected chi connectivity index (χ0v) is 13.9. The van der Waals surface area contributed by atoms with Gasteiger partial charge in [0.2, 0.25) is 0 Å². The number of rotatable bonds is 6. The second-order valence-electron chi connectivity index (χ2n) is 5.54. The molecule has 8 nitrogen and oxygen atoms in total. The summed E-state index contributed by atoms with van der Waals surface area (Å²) in [6, 6.07) is 5.68. The van der Waals surface area contributed by atoms with Gasteiger partial charge < -0.3 is 15.2 Å². The third-order valence-corrected chi connectivity index (χ3v) is 3.68. The summed E-state index contributed by atoms with van der Waals surface area (Å²) in [4.78, 5) is 13.0. The number of nitrogens with zero attached hydrogens (tertiary/aromatic N) is 5. The highest BCUT2D eigenvalue weighted by Crippen LogP contribution is 2.17. The van der Waals surface area contributed by atoms with Gasteiger partial charge in [-0.25, -0.2) is 4.98 Å². The SMILES string of the molecule is COCc1cc(NCc2ccc([C@H](C)O)c(C)n2)n2ncnc2n1. The lowest BCUT2D eigenvalue weighted by Crippen LogP contribution is -2.10. The van der Waals surface area contributed by atoms with Crippen molar-refractivity contribution in [3.05, 3.63) is 47.2 Å². The summed E-state index contributed by atoms with van der Waals surface area (Å²) in [6.45, 7) is 4.55. The molecule has 3 aromatic heterocycles. The van der Waals surface area contributed by atoms with Gasteiger partial charge in [0.1, 0.15) is 12.1 Å². The van der Waals surface area contributed by atoms with Crippen LogP contribution in [0.3, 0.4) is 0 Å². The monoisotopic (exact) mass is 328 g/mol. The Bertz CT molecular complexity index is 846. The van der Waals surface area contributed by atoms with Crippen LogP contribution in [0.5, 0.6) is 0 Å². The second-order valence-corrected chi connectivity index (χ2v) is 5.54. The van der Waals surface area contributed by atoms with Crippen molar-refractivity contribution >= 4 is 11.6 Å². The van der Waals surface area contributed by atoms with Crippen LogP contribution in [0.15, 0.2) is 24.5 Å². The molecule has 3 aromatic rings. The largest absolute Gasteiger partial charge is 0.389 e. The Morgan fingerprint density at radius 3 is 2.83 bits per heavy atom. The smallest absolute Gasteiger partial charge is 0.254 e. The molecule has 0 unspecified atom stereocenters. The summed E-state index contributed by atoms with van der Waals surface area (Å²) in [5.41, 5.74) is 3.30. The number of fused-ring (bicyclic) bond motifs is 1. The van der Waals surface area contributed by atoms with Gasteiger partial charge in [0.05, 0.1) is 30.6 Å². The third kappa shape index (κ3) is 3.34. The Kier molecular flexibility index (Phi) is 4.68. The van der Waals surface area contributed by atoms with E-state index in [1.807, 2.05) is 25.1 Å². The quantitative estimate of drug-likeness (QED) is 0.710. The van der Waals surface area contributed by atoms with E-state index in [0.29, 0.717) is 18.9 Å². The third-order valence-electron chi connectivity index (χ3n) is 3.68. The van der Waals surface area contributed by atoms with Crippen molar-refractivity contribution in [2.24, 2.45) is 0 Å². The molecule has 0 radical (unpaired) electrons. The van der Waals surface area contributed by atoms with Crippen molar-refractivity contribution in [1.82, 2.24) is 24.6 Å². The van der Waals surface area contributed by atoms with Gasteiger partial charge in [0.25, 0.3) is 5.78 Å². The van der Waals surface area contributed by atoms with Gasteiger partial charge in [-0.1, -0.05) is 6.07 Å². The normalized spacial score (nSPS) is 12.5. The van der Waals surface area contributed by atoms with Crippen LogP contribution in [-0.2, 0) is 17.9 Å². The molecular weight excluding hydrogens is 308 g/mol. The Balaban J connectivity index is 1.82. The van der Waals surface area contributed by atoms with Gasteiger partial charge in [-0.15, -0.1) is 0 Å². The fraction of sp³-hybridized carbons (Fsp3) is 0.375. The van der Waals surface area contributed by atoms with Crippen LogP contribution in [-0.4, -0.2) is 36.8 Å². The van der Waals surface area contributed by atoms with Gasteiger partial charge in [-0.05, 0) is 19.9 Å². The first-order chi connectivity index (χ1) is 11.6.